The smallest absolute Gasteiger partial charge is 0.416 e. The highest BCUT2D eigenvalue weighted by Gasteiger charge is 2.37. The van der Waals surface area contributed by atoms with Gasteiger partial charge in [0.1, 0.15) is 11.4 Å². The predicted octanol–water partition coefficient (Wildman–Crippen LogP) is 7.49. The van der Waals surface area contributed by atoms with Crippen molar-refractivity contribution in [3.8, 4) is 5.75 Å². The van der Waals surface area contributed by atoms with Gasteiger partial charge in [-0.25, -0.2) is 4.79 Å². The van der Waals surface area contributed by atoms with E-state index in [4.69, 9.17) is 10.5 Å². The first kappa shape index (κ1) is 27.7. The van der Waals surface area contributed by atoms with Gasteiger partial charge in [-0.2, -0.15) is 13.2 Å². The zero-order valence-electron chi connectivity index (χ0n) is 22.4. The number of nitrogen functional groups attached to an aromatic ring is 1. The molecule has 41 heavy (non-hydrogen) atoms. The minimum absolute atomic E-state index is 0.126. The summed E-state index contributed by atoms with van der Waals surface area (Å²) in [6.45, 7) is 3.55. The third kappa shape index (κ3) is 6.32. The average molecular weight is 560 g/mol. The Hall–Kier alpha value is -4.86. The summed E-state index contributed by atoms with van der Waals surface area (Å²) < 4.78 is 45.0. The zero-order valence-corrected chi connectivity index (χ0v) is 22.4. The number of hydrogen-bond acceptors (Lipinski definition) is 5. The number of anilines is 2. The van der Waals surface area contributed by atoms with E-state index in [2.05, 4.69) is 20.6 Å². The largest absolute Gasteiger partial charge is 0.487 e. The second kappa shape index (κ2) is 11.0. The molecule has 0 saturated heterocycles. The molecule has 4 N–H and O–H groups in total. The van der Waals surface area contributed by atoms with Gasteiger partial charge in [-0.3, -0.25) is 9.97 Å². The van der Waals surface area contributed by atoms with E-state index in [1.165, 1.54) is 6.07 Å². The minimum atomic E-state index is -4.47. The molecule has 3 heterocycles. The summed E-state index contributed by atoms with van der Waals surface area (Å²) in [5.74, 6) is 0.126. The van der Waals surface area contributed by atoms with Crippen molar-refractivity contribution in [3.63, 3.8) is 0 Å². The number of hydrogen-bond donors (Lipinski definition) is 3. The number of urea groups is 1. The topological polar surface area (TPSA) is 102 Å². The molecule has 210 valence electrons. The number of ether oxygens (including phenoxy) is 1. The third-order valence-electron chi connectivity index (χ3n) is 6.75. The maximum Gasteiger partial charge on any atom is 0.416 e. The van der Waals surface area contributed by atoms with Crippen LogP contribution >= 0.6 is 0 Å². The van der Waals surface area contributed by atoms with Gasteiger partial charge in [0.05, 0.1) is 17.3 Å². The lowest BCUT2D eigenvalue weighted by Crippen LogP contribution is -2.42. The fourth-order valence-electron chi connectivity index (χ4n) is 4.84. The molecule has 10 heteroatoms. The van der Waals surface area contributed by atoms with E-state index in [9.17, 15) is 18.0 Å². The zero-order chi connectivity index (χ0) is 29.2. The van der Waals surface area contributed by atoms with Gasteiger partial charge in [-0.15, -0.1) is 0 Å². The van der Waals surface area contributed by atoms with Crippen molar-refractivity contribution >= 4 is 39.0 Å². The van der Waals surface area contributed by atoms with Crippen LogP contribution in [0, 0.1) is 0 Å². The van der Waals surface area contributed by atoms with E-state index in [0.29, 0.717) is 17.7 Å². The Morgan fingerprint density at radius 1 is 0.951 bits per heavy atom. The Morgan fingerprint density at radius 2 is 1.68 bits per heavy atom. The van der Waals surface area contributed by atoms with Crippen LogP contribution in [-0.4, -0.2) is 21.6 Å². The SMILES string of the molecule is CC1(C)C[C@@H](NC(=O)Nc2cccc3ccncc23)c2ccc(C(F)(F)F)cc2O1.Nc1cccc2cnccc12. The normalized spacial score (nSPS) is 15.7. The molecular weight excluding hydrogens is 531 g/mol. The fraction of sp³-hybridized carbons (Fsp3) is 0.194. The molecule has 0 unspecified atom stereocenters. The standard InChI is InChI=1S/C22H20F3N3O2.C9H8N2/c1-21(2)11-18(15-7-6-14(22(23,24)25)10-19(15)30-21)28-20(29)27-17-5-3-4-13-8-9-26-12-16(13)17;10-9-3-1-2-7-6-11-5-4-8(7)9/h3-10,12,18H,11H2,1-2H3,(H2,27,28,29);1-6H,10H2/t18-;/m1./s1. The molecule has 0 saturated carbocycles. The van der Waals surface area contributed by atoms with Gasteiger partial charge in [0.25, 0.3) is 0 Å². The van der Waals surface area contributed by atoms with E-state index in [0.717, 1.165) is 39.4 Å². The van der Waals surface area contributed by atoms with Crippen molar-refractivity contribution in [2.45, 2.75) is 38.1 Å². The van der Waals surface area contributed by atoms with Gasteiger partial charge < -0.3 is 21.1 Å². The summed E-state index contributed by atoms with van der Waals surface area (Å²) in [7, 11) is 0. The van der Waals surface area contributed by atoms with Crippen molar-refractivity contribution in [1.29, 1.82) is 0 Å². The van der Waals surface area contributed by atoms with Crippen molar-refractivity contribution < 1.29 is 22.7 Å². The molecule has 7 nitrogen and oxygen atoms in total. The first-order valence-electron chi connectivity index (χ1n) is 12.9. The van der Waals surface area contributed by atoms with Crippen molar-refractivity contribution in [3.05, 3.63) is 103 Å². The van der Waals surface area contributed by atoms with Gasteiger partial charge in [-0.1, -0.05) is 30.3 Å². The number of pyridine rings is 2. The lowest BCUT2D eigenvalue weighted by molar-refractivity contribution is -0.137. The van der Waals surface area contributed by atoms with Crippen molar-refractivity contribution in [2.75, 3.05) is 11.1 Å². The molecular formula is C31H28F3N5O2. The molecule has 2 amide bonds. The number of nitrogens with one attached hydrogen (secondary N) is 2. The predicted molar refractivity (Wildman–Crippen MR) is 154 cm³/mol. The Kier molecular flexibility index (Phi) is 7.40. The molecule has 6 rings (SSSR count). The third-order valence-corrected chi connectivity index (χ3v) is 6.75. The van der Waals surface area contributed by atoms with Crippen LogP contribution in [0.25, 0.3) is 21.5 Å². The Bertz CT molecular complexity index is 1710. The number of amides is 2. The lowest BCUT2D eigenvalue weighted by atomic mass is 9.89. The minimum Gasteiger partial charge on any atom is -0.487 e. The van der Waals surface area contributed by atoms with Crippen LogP contribution in [0.15, 0.2) is 91.5 Å². The number of halogens is 3. The molecule has 0 radical (unpaired) electrons. The van der Waals surface area contributed by atoms with Crippen LogP contribution in [0.4, 0.5) is 29.3 Å². The van der Waals surface area contributed by atoms with Crippen LogP contribution in [0.3, 0.4) is 0 Å². The van der Waals surface area contributed by atoms with E-state index < -0.39 is 29.4 Å². The highest BCUT2D eigenvalue weighted by molar-refractivity contribution is 6.01. The summed E-state index contributed by atoms with van der Waals surface area (Å²) in [5, 5.41) is 9.57. The van der Waals surface area contributed by atoms with Crippen LogP contribution in [0.2, 0.25) is 0 Å². The monoisotopic (exact) mass is 559 g/mol. The molecule has 2 aromatic heterocycles. The maximum atomic E-state index is 13.1. The molecule has 1 aliphatic heterocycles. The average Bonchev–Trinajstić information content (AvgIpc) is 2.92. The molecule has 1 aliphatic rings. The van der Waals surface area contributed by atoms with Gasteiger partial charge >= 0.3 is 12.2 Å². The van der Waals surface area contributed by atoms with Crippen LogP contribution in [0.1, 0.15) is 37.4 Å². The molecule has 0 aliphatic carbocycles. The number of rotatable bonds is 2. The summed E-state index contributed by atoms with van der Waals surface area (Å²) in [6, 6.07) is 17.5. The van der Waals surface area contributed by atoms with Crippen LogP contribution in [0.5, 0.6) is 5.75 Å². The van der Waals surface area contributed by atoms with Gasteiger partial charge in [0, 0.05) is 58.6 Å². The van der Waals surface area contributed by atoms with Gasteiger partial charge in [0.2, 0.25) is 0 Å². The summed E-state index contributed by atoms with van der Waals surface area (Å²) >= 11 is 0. The molecule has 0 fully saturated rings. The lowest BCUT2D eigenvalue weighted by Gasteiger charge is -2.38. The first-order chi connectivity index (χ1) is 19.5. The molecule has 1 atom stereocenters. The second-order valence-electron chi connectivity index (χ2n) is 10.3. The Balaban J connectivity index is 0.000000255. The Morgan fingerprint density at radius 3 is 2.46 bits per heavy atom. The van der Waals surface area contributed by atoms with Crippen LogP contribution < -0.4 is 21.1 Å². The number of aromatic nitrogens is 2. The number of fused-ring (bicyclic) bond motifs is 3. The quantitative estimate of drug-likeness (QED) is 0.195. The van der Waals surface area contributed by atoms with Gasteiger partial charge in [-0.05, 0) is 55.6 Å². The van der Waals surface area contributed by atoms with E-state index in [1.54, 1.807) is 38.5 Å². The maximum absolute atomic E-state index is 13.1. The number of nitrogens with zero attached hydrogens (tertiary/aromatic N) is 2. The number of benzene rings is 3. The van der Waals surface area contributed by atoms with E-state index in [1.807, 2.05) is 48.7 Å². The summed E-state index contributed by atoms with van der Waals surface area (Å²) in [4.78, 5) is 20.8. The Labute approximate surface area is 234 Å². The highest BCUT2D eigenvalue weighted by Crippen LogP contribution is 2.42. The van der Waals surface area contributed by atoms with Gasteiger partial charge in [0.15, 0.2) is 0 Å². The second-order valence-corrected chi connectivity index (χ2v) is 10.3. The first-order valence-corrected chi connectivity index (χ1v) is 12.9. The number of carbonyl (C=O) groups is 1. The molecule has 0 spiro atoms. The summed E-state index contributed by atoms with van der Waals surface area (Å²) in [5.41, 5.74) is 6.12. The number of nitrogens with two attached hydrogens (primary N) is 1. The highest BCUT2D eigenvalue weighted by atomic mass is 19.4. The molecule has 3 aromatic carbocycles. The number of carbonyl (C=O) groups excluding carboxylic acids is 1. The van der Waals surface area contributed by atoms with E-state index >= 15 is 0 Å². The summed E-state index contributed by atoms with van der Waals surface area (Å²) in [6.07, 6.45) is 2.84. The van der Waals surface area contributed by atoms with Crippen molar-refractivity contribution in [1.82, 2.24) is 15.3 Å². The molecule has 0 bridgehead atoms. The van der Waals surface area contributed by atoms with Crippen LogP contribution in [-0.2, 0) is 6.18 Å². The van der Waals surface area contributed by atoms with E-state index in [-0.39, 0.29) is 5.75 Å². The van der Waals surface area contributed by atoms with Crippen molar-refractivity contribution in [2.24, 2.45) is 0 Å². The molecule has 5 aromatic rings. The fourth-order valence-corrected chi connectivity index (χ4v) is 4.84. The number of alkyl halides is 3.